The fourth-order valence-corrected chi connectivity index (χ4v) is 4.02. The fourth-order valence-electron chi connectivity index (χ4n) is 4.02. The molecule has 2 aromatic rings. The van der Waals surface area contributed by atoms with Crippen LogP contribution in [0.15, 0.2) is 36.4 Å². The molecule has 0 radical (unpaired) electrons. The van der Waals surface area contributed by atoms with Crippen molar-refractivity contribution in [3.63, 3.8) is 0 Å². The van der Waals surface area contributed by atoms with Gasteiger partial charge in [0.05, 0.1) is 23.4 Å². The highest BCUT2D eigenvalue weighted by Gasteiger charge is 2.31. The van der Waals surface area contributed by atoms with Crippen molar-refractivity contribution in [2.45, 2.75) is 45.1 Å². The monoisotopic (exact) mass is 536 g/mol. The molecule has 1 fully saturated rings. The summed E-state index contributed by atoms with van der Waals surface area (Å²) in [6.45, 7) is 4.93. The molecule has 1 atom stereocenters. The van der Waals surface area contributed by atoms with Gasteiger partial charge in [-0.1, -0.05) is 6.07 Å². The van der Waals surface area contributed by atoms with Gasteiger partial charge in [0, 0.05) is 37.4 Å². The largest absolute Gasteiger partial charge is 0.506 e. The predicted octanol–water partition coefficient (Wildman–Crippen LogP) is 2.64. The van der Waals surface area contributed by atoms with Gasteiger partial charge in [0.25, 0.3) is 5.91 Å². The van der Waals surface area contributed by atoms with Gasteiger partial charge < -0.3 is 32.1 Å². The molecular formula is C25H31F3N6O4. The van der Waals surface area contributed by atoms with E-state index >= 15 is 0 Å². The van der Waals surface area contributed by atoms with E-state index < -0.39 is 36.1 Å². The van der Waals surface area contributed by atoms with Crippen LogP contribution in [0.25, 0.3) is 0 Å². The molecule has 2 aromatic carbocycles. The van der Waals surface area contributed by atoms with Gasteiger partial charge >= 0.3 is 12.2 Å². The van der Waals surface area contributed by atoms with E-state index in [1.54, 1.807) is 12.1 Å². The van der Waals surface area contributed by atoms with Crippen LogP contribution in [0, 0.1) is 0 Å². The van der Waals surface area contributed by atoms with Gasteiger partial charge in [-0.25, -0.2) is 4.79 Å². The second kappa shape index (κ2) is 12.0. The first-order valence-electron chi connectivity index (χ1n) is 12.0. The molecule has 1 heterocycles. The lowest BCUT2D eigenvalue weighted by Crippen LogP contribution is -2.43. The number of aromatic hydroxyl groups is 1. The third-order valence-electron chi connectivity index (χ3n) is 5.81. The van der Waals surface area contributed by atoms with Gasteiger partial charge in [0.2, 0.25) is 5.91 Å². The average Bonchev–Trinajstić information content (AvgIpc) is 3.25. The minimum Gasteiger partial charge on any atom is -0.506 e. The molecule has 1 aliphatic heterocycles. The van der Waals surface area contributed by atoms with Crippen molar-refractivity contribution in [2.24, 2.45) is 0 Å². The minimum absolute atomic E-state index is 0.0619. The maximum Gasteiger partial charge on any atom is 0.416 e. The number of amides is 4. The molecule has 0 unspecified atom stereocenters. The first-order chi connectivity index (χ1) is 17.8. The molecule has 7 N–H and O–H groups in total. The topological polar surface area (TPSA) is 149 Å². The molecule has 0 aliphatic carbocycles. The van der Waals surface area contributed by atoms with Crippen molar-refractivity contribution in [3.05, 3.63) is 53.1 Å². The van der Waals surface area contributed by atoms with Gasteiger partial charge in [-0.15, -0.1) is 0 Å². The summed E-state index contributed by atoms with van der Waals surface area (Å²) in [7, 11) is 0. The number of carbonyl (C=O) groups excluding carboxylic acids is 3. The van der Waals surface area contributed by atoms with Crippen LogP contribution in [0.5, 0.6) is 5.75 Å². The maximum absolute atomic E-state index is 12.9. The number of nitrogens with two attached hydrogens (primary N) is 1. The Morgan fingerprint density at radius 3 is 2.58 bits per heavy atom. The number of carbonyl (C=O) groups is 3. The molecule has 0 bridgehead atoms. The summed E-state index contributed by atoms with van der Waals surface area (Å²) in [5, 5.41) is 20.5. The van der Waals surface area contributed by atoms with Crippen molar-refractivity contribution >= 4 is 29.2 Å². The maximum atomic E-state index is 12.9. The number of phenols is 1. The lowest BCUT2D eigenvalue weighted by atomic mass is 10.1. The number of nitrogens with zero attached hydrogens (tertiary/aromatic N) is 1. The number of benzene rings is 2. The van der Waals surface area contributed by atoms with Crippen molar-refractivity contribution in [3.8, 4) is 5.75 Å². The van der Waals surface area contributed by atoms with E-state index in [-0.39, 0.29) is 34.8 Å². The van der Waals surface area contributed by atoms with Crippen LogP contribution in [0.2, 0.25) is 0 Å². The highest BCUT2D eigenvalue weighted by Crippen LogP contribution is 2.31. The molecular weight excluding hydrogens is 505 g/mol. The zero-order valence-electron chi connectivity index (χ0n) is 21.0. The summed E-state index contributed by atoms with van der Waals surface area (Å²) < 4.78 is 38.8. The third-order valence-corrected chi connectivity index (χ3v) is 5.81. The Balaban J connectivity index is 1.49. The highest BCUT2D eigenvalue weighted by molar-refractivity contribution is 6.00. The standard InChI is InChI=1S/C25H31F3N6O4/c1-14(2)31-24(38)33-20-9-15(3-6-21(20)35)12-34-8-7-17(13-34)32-22(36)11-30-23(37)18-10-16(25(26,27)28)4-5-19(18)29/h3-6,9-10,14,17,35H,7-8,11-13,29H2,1-2H3,(H,30,37)(H,32,36)(H2,31,33,38)/t17-/m1/s1. The molecule has 10 nitrogen and oxygen atoms in total. The van der Waals surface area contributed by atoms with E-state index in [0.717, 1.165) is 17.7 Å². The molecule has 0 saturated carbocycles. The number of phenolic OH excluding ortho intramolecular Hbond substituents is 1. The number of hydrogen-bond donors (Lipinski definition) is 6. The molecule has 38 heavy (non-hydrogen) atoms. The minimum atomic E-state index is -4.63. The van der Waals surface area contributed by atoms with Crippen molar-refractivity contribution in [2.75, 3.05) is 30.7 Å². The van der Waals surface area contributed by atoms with Crippen molar-refractivity contribution < 1.29 is 32.7 Å². The van der Waals surface area contributed by atoms with E-state index in [4.69, 9.17) is 5.73 Å². The van der Waals surface area contributed by atoms with E-state index in [0.29, 0.717) is 32.1 Å². The summed E-state index contributed by atoms with van der Waals surface area (Å²) in [5.74, 6) is -1.42. The number of likely N-dealkylation sites (tertiary alicyclic amines) is 1. The van der Waals surface area contributed by atoms with Crippen LogP contribution in [0.1, 0.15) is 41.8 Å². The number of hydrogen-bond acceptors (Lipinski definition) is 6. The van der Waals surface area contributed by atoms with Crippen LogP contribution in [0.4, 0.5) is 29.3 Å². The number of anilines is 2. The quantitative estimate of drug-likeness (QED) is 0.226. The first-order valence-corrected chi connectivity index (χ1v) is 12.0. The van der Waals surface area contributed by atoms with Crippen LogP contribution < -0.4 is 27.0 Å². The lowest BCUT2D eigenvalue weighted by molar-refractivity contribution is -0.137. The van der Waals surface area contributed by atoms with Crippen LogP contribution >= 0.6 is 0 Å². The number of urea groups is 1. The molecule has 1 saturated heterocycles. The second-order valence-electron chi connectivity index (χ2n) is 9.38. The highest BCUT2D eigenvalue weighted by atomic mass is 19.4. The summed E-state index contributed by atoms with van der Waals surface area (Å²) >= 11 is 0. The number of nitrogens with one attached hydrogen (secondary N) is 4. The Labute approximate surface area is 217 Å². The molecule has 0 spiro atoms. The number of nitrogen functional groups attached to an aromatic ring is 1. The zero-order valence-corrected chi connectivity index (χ0v) is 21.0. The molecule has 4 amide bonds. The Morgan fingerprint density at radius 1 is 1.16 bits per heavy atom. The molecule has 0 aromatic heterocycles. The molecule has 3 rings (SSSR count). The second-order valence-corrected chi connectivity index (χ2v) is 9.38. The van der Waals surface area contributed by atoms with Gasteiger partial charge in [0.1, 0.15) is 5.75 Å². The normalized spacial score (nSPS) is 15.8. The molecule has 206 valence electrons. The average molecular weight is 537 g/mol. The third kappa shape index (κ3) is 8.00. The van der Waals surface area contributed by atoms with Gasteiger partial charge in [-0.3, -0.25) is 14.5 Å². The Bertz CT molecular complexity index is 1190. The van der Waals surface area contributed by atoms with E-state index in [1.807, 2.05) is 13.8 Å². The Hall–Kier alpha value is -4.00. The molecule has 13 heteroatoms. The van der Waals surface area contributed by atoms with Crippen LogP contribution in [0.3, 0.4) is 0 Å². The number of halogens is 3. The number of rotatable bonds is 8. The van der Waals surface area contributed by atoms with Gasteiger partial charge in [-0.05, 0) is 56.2 Å². The lowest BCUT2D eigenvalue weighted by Gasteiger charge is -2.18. The Kier molecular flexibility index (Phi) is 9.04. The van der Waals surface area contributed by atoms with Crippen LogP contribution in [-0.2, 0) is 17.5 Å². The van der Waals surface area contributed by atoms with E-state index in [2.05, 4.69) is 26.2 Å². The van der Waals surface area contributed by atoms with Gasteiger partial charge in [-0.2, -0.15) is 13.2 Å². The Morgan fingerprint density at radius 2 is 1.89 bits per heavy atom. The molecule has 1 aliphatic rings. The first kappa shape index (κ1) is 28.6. The van der Waals surface area contributed by atoms with Gasteiger partial charge in [0.15, 0.2) is 0 Å². The summed E-state index contributed by atoms with van der Waals surface area (Å²) in [6, 6.07) is 6.65. The number of alkyl halides is 3. The summed E-state index contributed by atoms with van der Waals surface area (Å²) in [5.41, 5.74) is 5.27. The summed E-state index contributed by atoms with van der Waals surface area (Å²) in [6.07, 6.45) is -3.98. The smallest absolute Gasteiger partial charge is 0.416 e. The van der Waals surface area contributed by atoms with Crippen molar-refractivity contribution in [1.82, 2.24) is 20.9 Å². The van der Waals surface area contributed by atoms with E-state index in [9.17, 15) is 32.7 Å². The predicted molar refractivity (Wildman–Crippen MR) is 135 cm³/mol. The van der Waals surface area contributed by atoms with Crippen LogP contribution in [-0.4, -0.2) is 59.6 Å². The zero-order chi connectivity index (χ0) is 28.0. The SMILES string of the molecule is CC(C)NC(=O)Nc1cc(CN2CC[C@@H](NC(=O)CNC(=O)c3cc(C(F)(F)F)ccc3N)C2)ccc1O. The fraction of sp³-hybridized carbons (Fsp3) is 0.400. The van der Waals surface area contributed by atoms with Crippen molar-refractivity contribution in [1.29, 1.82) is 0 Å². The summed E-state index contributed by atoms with van der Waals surface area (Å²) in [4.78, 5) is 38.7. The van der Waals surface area contributed by atoms with E-state index in [1.165, 1.54) is 6.07 Å².